The minimum atomic E-state index is -4.35. The maximum Gasteiger partial charge on any atom is 0.422 e. The lowest BCUT2D eigenvalue weighted by Gasteiger charge is -2.14. The first-order chi connectivity index (χ1) is 10.3. The molecule has 1 saturated heterocycles. The molecule has 0 aliphatic carbocycles. The van der Waals surface area contributed by atoms with E-state index in [9.17, 15) is 18.0 Å². The van der Waals surface area contributed by atoms with Crippen molar-refractivity contribution in [3.05, 3.63) is 17.0 Å². The molecule has 23 heavy (non-hydrogen) atoms. The Hall–Kier alpha value is -0.990. The monoisotopic (exact) mass is 372 g/mol. The molecule has 0 radical (unpaired) electrons. The van der Waals surface area contributed by atoms with Crippen molar-refractivity contribution in [3.8, 4) is 5.06 Å². The van der Waals surface area contributed by atoms with Gasteiger partial charge in [0.25, 0.3) is 0 Å². The maximum absolute atomic E-state index is 12.1. The van der Waals surface area contributed by atoms with E-state index < -0.39 is 12.8 Å². The van der Waals surface area contributed by atoms with Gasteiger partial charge in [-0.2, -0.15) is 13.2 Å². The average Bonchev–Trinajstić information content (AvgIpc) is 3.05. The number of rotatable bonds is 6. The van der Waals surface area contributed by atoms with Crippen LogP contribution >= 0.6 is 23.7 Å². The Morgan fingerprint density at radius 2 is 2.26 bits per heavy atom. The van der Waals surface area contributed by atoms with E-state index in [0.717, 1.165) is 35.7 Å². The first-order valence-corrected chi connectivity index (χ1v) is 7.94. The quantitative estimate of drug-likeness (QED) is 0.805. The highest BCUT2D eigenvalue weighted by Crippen LogP contribution is 2.30. The van der Waals surface area contributed by atoms with Gasteiger partial charge in [-0.05, 0) is 44.5 Å². The summed E-state index contributed by atoms with van der Waals surface area (Å²) in [6, 6.07) is 2.93. The maximum atomic E-state index is 12.1. The number of hydrogen-bond donors (Lipinski definition) is 2. The molecule has 0 saturated carbocycles. The van der Waals surface area contributed by atoms with Crippen molar-refractivity contribution in [3.63, 3.8) is 0 Å². The normalized spacial score (nSPS) is 19.0. The third-order valence-electron chi connectivity index (χ3n) is 3.42. The van der Waals surface area contributed by atoms with Gasteiger partial charge in [0.15, 0.2) is 11.7 Å². The summed E-state index contributed by atoms with van der Waals surface area (Å²) in [7, 11) is 0. The lowest BCUT2D eigenvalue weighted by Crippen LogP contribution is -2.28. The Balaban J connectivity index is 0.00000264. The molecule has 1 aliphatic heterocycles. The Morgan fingerprint density at radius 3 is 2.87 bits per heavy atom. The van der Waals surface area contributed by atoms with Crippen molar-refractivity contribution >= 4 is 29.7 Å². The Bertz CT molecular complexity index is 504. The fourth-order valence-corrected chi connectivity index (χ4v) is 3.18. The SMILES string of the molecule is C[C@@H](NC(=O)C[C@@H]1CCNC1)c1ccc(OCC(F)(F)F)s1.Cl. The molecule has 1 aromatic heterocycles. The first kappa shape index (κ1) is 20.1. The van der Waals surface area contributed by atoms with Gasteiger partial charge in [0, 0.05) is 11.3 Å². The predicted octanol–water partition coefficient (Wildman–Crippen LogP) is 3.29. The zero-order chi connectivity index (χ0) is 16.2. The summed E-state index contributed by atoms with van der Waals surface area (Å²) in [4.78, 5) is 12.7. The van der Waals surface area contributed by atoms with E-state index in [4.69, 9.17) is 0 Å². The van der Waals surface area contributed by atoms with Crippen LogP contribution in [0.4, 0.5) is 13.2 Å². The number of hydrogen-bond acceptors (Lipinski definition) is 4. The molecule has 0 spiro atoms. The van der Waals surface area contributed by atoms with Gasteiger partial charge in [0.1, 0.15) is 0 Å². The Kier molecular flexibility index (Phi) is 7.63. The van der Waals surface area contributed by atoms with Crippen LogP contribution in [0.5, 0.6) is 5.06 Å². The molecule has 2 rings (SSSR count). The van der Waals surface area contributed by atoms with Gasteiger partial charge in [0.2, 0.25) is 5.91 Å². The van der Waals surface area contributed by atoms with E-state index >= 15 is 0 Å². The van der Waals surface area contributed by atoms with Gasteiger partial charge in [-0.25, -0.2) is 0 Å². The van der Waals surface area contributed by atoms with Gasteiger partial charge < -0.3 is 15.4 Å². The second kappa shape index (κ2) is 8.75. The topological polar surface area (TPSA) is 50.4 Å². The van der Waals surface area contributed by atoms with Gasteiger partial charge in [-0.15, -0.1) is 23.7 Å². The zero-order valence-electron chi connectivity index (χ0n) is 12.6. The lowest BCUT2D eigenvalue weighted by atomic mass is 10.0. The highest BCUT2D eigenvalue weighted by atomic mass is 35.5. The molecule has 0 aromatic carbocycles. The molecule has 2 heterocycles. The first-order valence-electron chi connectivity index (χ1n) is 7.13. The zero-order valence-corrected chi connectivity index (χ0v) is 14.2. The third-order valence-corrected chi connectivity index (χ3v) is 4.60. The molecule has 4 nitrogen and oxygen atoms in total. The van der Waals surface area contributed by atoms with Crippen LogP contribution in [0.1, 0.15) is 30.7 Å². The predicted molar refractivity (Wildman–Crippen MR) is 85.3 cm³/mol. The summed E-state index contributed by atoms with van der Waals surface area (Å²) in [6.07, 6.45) is -2.88. The fraction of sp³-hybridized carbons (Fsp3) is 0.643. The van der Waals surface area contributed by atoms with Crippen LogP contribution in [0.3, 0.4) is 0 Å². The third kappa shape index (κ3) is 6.97. The van der Waals surface area contributed by atoms with E-state index in [-0.39, 0.29) is 29.4 Å². The van der Waals surface area contributed by atoms with Crippen molar-refractivity contribution in [1.29, 1.82) is 0 Å². The van der Waals surface area contributed by atoms with Crippen molar-refractivity contribution in [2.45, 2.75) is 32.0 Å². The number of amides is 1. The summed E-state index contributed by atoms with van der Waals surface area (Å²) in [6.45, 7) is 2.31. The van der Waals surface area contributed by atoms with Crippen molar-refractivity contribution in [2.24, 2.45) is 5.92 Å². The van der Waals surface area contributed by atoms with Crippen LogP contribution in [0.2, 0.25) is 0 Å². The largest absolute Gasteiger partial charge is 0.475 e. The molecule has 132 valence electrons. The molecule has 0 unspecified atom stereocenters. The minimum absolute atomic E-state index is 0. The van der Waals surface area contributed by atoms with E-state index in [1.807, 2.05) is 6.92 Å². The molecule has 9 heteroatoms. The number of alkyl halides is 3. The van der Waals surface area contributed by atoms with Crippen molar-refractivity contribution in [1.82, 2.24) is 10.6 Å². The van der Waals surface area contributed by atoms with Crippen LogP contribution in [0, 0.1) is 5.92 Å². The number of ether oxygens (including phenoxy) is 1. The molecule has 1 fully saturated rings. The average molecular weight is 373 g/mol. The summed E-state index contributed by atoms with van der Waals surface area (Å²) in [5, 5.41) is 6.28. The van der Waals surface area contributed by atoms with Crippen molar-refractivity contribution < 1.29 is 22.7 Å². The van der Waals surface area contributed by atoms with E-state index in [1.165, 1.54) is 6.07 Å². The van der Waals surface area contributed by atoms with E-state index in [2.05, 4.69) is 15.4 Å². The lowest BCUT2D eigenvalue weighted by molar-refractivity contribution is -0.152. The Morgan fingerprint density at radius 1 is 1.52 bits per heavy atom. The smallest absolute Gasteiger partial charge is 0.422 e. The molecule has 1 amide bonds. The number of carbonyl (C=O) groups excluding carboxylic acids is 1. The molecular formula is C14H20ClF3N2O2S. The number of thiophene rings is 1. The number of halogens is 4. The molecule has 1 aromatic rings. The summed E-state index contributed by atoms with van der Waals surface area (Å²) >= 11 is 1.12. The molecule has 2 N–H and O–H groups in total. The number of carbonyl (C=O) groups is 1. The second-order valence-electron chi connectivity index (χ2n) is 5.41. The fourth-order valence-electron chi connectivity index (χ4n) is 2.32. The summed E-state index contributed by atoms with van der Waals surface area (Å²) < 4.78 is 41.0. The molecule has 2 atom stereocenters. The van der Waals surface area contributed by atoms with Gasteiger partial charge in [-0.3, -0.25) is 4.79 Å². The van der Waals surface area contributed by atoms with Gasteiger partial charge in [-0.1, -0.05) is 0 Å². The van der Waals surface area contributed by atoms with Crippen LogP contribution in [0.15, 0.2) is 12.1 Å². The highest BCUT2D eigenvalue weighted by molar-refractivity contribution is 7.13. The Labute approximate surface area is 143 Å². The summed E-state index contributed by atoms with van der Waals surface area (Å²) in [5.41, 5.74) is 0. The van der Waals surface area contributed by atoms with E-state index in [0.29, 0.717) is 12.3 Å². The molecule has 1 aliphatic rings. The standard InChI is InChI=1S/C14H19F3N2O2S.ClH/c1-9(19-12(20)6-10-4-5-18-7-10)11-2-3-13(22-11)21-8-14(15,16)17;/h2-3,9-10,18H,4-8H2,1H3,(H,19,20);1H/t9-,10+;/m1./s1. The summed E-state index contributed by atoms with van der Waals surface area (Å²) in [5.74, 6) is 0.327. The minimum Gasteiger partial charge on any atom is -0.475 e. The molecule has 0 bridgehead atoms. The molecular weight excluding hydrogens is 353 g/mol. The van der Waals surface area contributed by atoms with Gasteiger partial charge >= 0.3 is 6.18 Å². The van der Waals surface area contributed by atoms with Crippen molar-refractivity contribution in [2.75, 3.05) is 19.7 Å². The van der Waals surface area contributed by atoms with E-state index in [1.54, 1.807) is 6.07 Å². The second-order valence-corrected chi connectivity index (χ2v) is 6.49. The number of nitrogens with one attached hydrogen (secondary N) is 2. The van der Waals surface area contributed by atoms with Gasteiger partial charge in [0.05, 0.1) is 6.04 Å². The van der Waals surface area contributed by atoms with Crippen LogP contribution in [0.25, 0.3) is 0 Å². The van der Waals surface area contributed by atoms with Crippen LogP contribution < -0.4 is 15.4 Å². The van der Waals surface area contributed by atoms with Crippen LogP contribution in [-0.2, 0) is 4.79 Å². The highest BCUT2D eigenvalue weighted by Gasteiger charge is 2.28. The van der Waals surface area contributed by atoms with Crippen LogP contribution in [-0.4, -0.2) is 31.8 Å².